The van der Waals surface area contributed by atoms with E-state index in [2.05, 4.69) is 0 Å². The number of benzene rings is 1. The molecule has 4 nitrogen and oxygen atoms in total. The van der Waals surface area contributed by atoms with Gasteiger partial charge < -0.3 is 4.52 Å². The molecule has 0 saturated carbocycles. The number of rotatable bonds is 5. The molecule has 0 amide bonds. The maximum Gasteiger partial charge on any atom is 0.247 e. The van der Waals surface area contributed by atoms with Crippen LogP contribution in [0.25, 0.3) is 0 Å². The molecule has 1 aliphatic rings. The zero-order valence-corrected chi connectivity index (χ0v) is 12.3. The van der Waals surface area contributed by atoms with Crippen molar-refractivity contribution in [2.75, 3.05) is 30.5 Å². The Morgan fingerprint density at radius 3 is 2.58 bits per heavy atom. The topological polar surface area (TPSA) is 38.8 Å². The molecule has 0 unspecified atom stereocenters. The fourth-order valence-corrected chi connectivity index (χ4v) is 3.13. The third-order valence-electron chi connectivity index (χ3n) is 3.13. The zero-order chi connectivity index (χ0) is 13.7. The number of hydrogen-bond acceptors (Lipinski definition) is 4. The molecule has 0 radical (unpaired) electrons. The lowest BCUT2D eigenvalue weighted by atomic mass is 10.3. The van der Waals surface area contributed by atoms with Gasteiger partial charge in [-0.15, -0.1) is 0 Å². The number of hydroxylamine groups is 1. The molecular weight excluding hydrogens is 261 g/mol. The number of nitrogens with zero attached hydrogens (tertiary/aromatic N) is 1. The summed E-state index contributed by atoms with van der Waals surface area (Å²) in [4.78, 5) is 5.56. The summed E-state index contributed by atoms with van der Waals surface area (Å²) >= 11 is 0. The van der Waals surface area contributed by atoms with Crippen LogP contribution in [0.1, 0.15) is 13.8 Å². The first-order valence-corrected chi connectivity index (χ1v) is 8.58. The molecule has 0 aromatic heterocycles. The summed E-state index contributed by atoms with van der Waals surface area (Å²) in [6.45, 7) is 4.74. The van der Waals surface area contributed by atoms with Crippen LogP contribution in [-0.4, -0.2) is 25.5 Å². The summed E-state index contributed by atoms with van der Waals surface area (Å²) in [5, 5.41) is 1.77. The van der Waals surface area contributed by atoms with Crippen LogP contribution in [0.5, 0.6) is 0 Å². The molecule has 5 heteroatoms. The van der Waals surface area contributed by atoms with Gasteiger partial charge in [0.2, 0.25) is 7.37 Å². The Labute approximate surface area is 114 Å². The third kappa shape index (κ3) is 3.62. The van der Waals surface area contributed by atoms with E-state index in [1.54, 1.807) is 5.06 Å². The summed E-state index contributed by atoms with van der Waals surface area (Å²) in [6, 6.07) is 9.83. The van der Waals surface area contributed by atoms with E-state index >= 15 is 0 Å². The lowest BCUT2D eigenvalue weighted by Crippen LogP contribution is -2.30. The van der Waals surface area contributed by atoms with Gasteiger partial charge in [-0.1, -0.05) is 32.0 Å². The van der Waals surface area contributed by atoms with Crippen LogP contribution >= 0.6 is 7.37 Å². The Morgan fingerprint density at radius 1 is 1.26 bits per heavy atom. The number of para-hydroxylation sites is 1. The van der Waals surface area contributed by atoms with Gasteiger partial charge in [-0.25, -0.2) is 5.06 Å². The molecule has 0 aliphatic carbocycles. The molecule has 0 bridgehead atoms. The second-order valence-corrected chi connectivity index (χ2v) is 7.45. The van der Waals surface area contributed by atoms with Crippen LogP contribution in [0.2, 0.25) is 0 Å². The zero-order valence-electron chi connectivity index (χ0n) is 11.4. The first-order valence-electron chi connectivity index (χ1n) is 6.59. The van der Waals surface area contributed by atoms with Gasteiger partial charge in [0.25, 0.3) is 0 Å². The van der Waals surface area contributed by atoms with Crippen molar-refractivity contribution in [1.82, 2.24) is 0 Å². The van der Waals surface area contributed by atoms with Crippen molar-refractivity contribution >= 4 is 13.1 Å². The Kier molecular flexibility index (Phi) is 4.67. The quantitative estimate of drug-likeness (QED) is 0.772. The van der Waals surface area contributed by atoms with Crippen LogP contribution in [0.4, 0.5) is 5.69 Å². The highest BCUT2D eigenvalue weighted by Gasteiger charge is 2.23. The SMILES string of the molecule is CCP(=O)(CC)OC1=CCON(c2ccccc2)C1. The van der Waals surface area contributed by atoms with E-state index in [-0.39, 0.29) is 0 Å². The minimum absolute atomic E-state index is 0.442. The molecule has 19 heavy (non-hydrogen) atoms. The van der Waals surface area contributed by atoms with E-state index in [4.69, 9.17) is 9.36 Å². The van der Waals surface area contributed by atoms with Crippen molar-refractivity contribution in [3.8, 4) is 0 Å². The van der Waals surface area contributed by atoms with Crippen molar-refractivity contribution in [3.63, 3.8) is 0 Å². The van der Waals surface area contributed by atoms with Gasteiger partial charge in [0, 0.05) is 12.3 Å². The summed E-state index contributed by atoms with van der Waals surface area (Å²) < 4.78 is 18.1. The van der Waals surface area contributed by atoms with E-state index in [1.165, 1.54) is 0 Å². The van der Waals surface area contributed by atoms with Gasteiger partial charge in [0.1, 0.15) is 12.3 Å². The van der Waals surface area contributed by atoms with E-state index < -0.39 is 7.37 Å². The van der Waals surface area contributed by atoms with E-state index in [0.717, 1.165) is 11.4 Å². The van der Waals surface area contributed by atoms with Gasteiger partial charge in [-0.2, -0.15) is 0 Å². The highest BCUT2D eigenvalue weighted by Crippen LogP contribution is 2.48. The van der Waals surface area contributed by atoms with Crippen LogP contribution in [0, 0.1) is 0 Å². The molecule has 1 aromatic rings. The average Bonchev–Trinajstić information content (AvgIpc) is 2.48. The van der Waals surface area contributed by atoms with Gasteiger partial charge in [-0.3, -0.25) is 9.40 Å². The first kappa shape index (κ1) is 14.2. The molecule has 1 heterocycles. The van der Waals surface area contributed by atoms with Crippen LogP contribution < -0.4 is 5.06 Å². The van der Waals surface area contributed by atoms with Gasteiger partial charge >= 0.3 is 0 Å². The summed E-state index contributed by atoms with van der Waals surface area (Å²) in [6.07, 6.45) is 2.98. The lowest BCUT2D eigenvalue weighted by Gasteiger charge is -2.29. The van der Waals surface area contributed by atoms with E-state index in [1.807, 2.05) is 50.3 Å². The van der Waals surface area contributed by atoms with Crippen molar-refractivity contribution in [3.05, 3.63) is 42.2 Å². The predicted octanol–water partition coefficient (Wildman–Crippen LogP) is 3.66. The molecular formula is C14H20NO3P. The molecule has 2 rings (SSSR count). The number of anilines is 1. The monoisotopic (exact) mass is 281 g/mol. The summed E-state index contributed by atoms with van der Waals surface area (Å²) in [5.74, 6) is 0.738. The normalized spacial score (nSPS) is 16.1. The lowest BCUT2D eigenvalue weighted by molar-refractivity contribution is 0.117. The second kappa shape index (κ2) is 6.27. The minimum atomic E-state index is -2.52. The van der Waals surface area contributed by atoms with Gasteiger partial charge in [0.15, 0.2) is 0 Å². The Morgan fingerprint density at radius 2 is 1.95 bits per heavy atom. The van der Waals surface area contributed by atoms with E-state index in [0.29, 0.717) is 25.5 Å². The molecule has 0 N–H and O–H groups in total. The van der Waals surface area contributed by atoms with Crippen molar-refractivity contribution < 1.29 is 13.9 Å². The summed E-state index contributed by atoms with van der Waals surface area (Å²) in [7, 11) is -2.52. The molecule has 0 atom stereocenters. The van der Waals surface area contributed by atoms with Crippen LogP contribution in [-0.2, 0) is 13.9 Å². The van der Waals surface area contributed by atoms with Gasteiger partial charge in [-0.05, 0) is 18.2 Å². The van der Waals surface area contributed by atoms with Crippen molar-refractivity contribution in [2.45, 2.75) is 13.8 Å². The fourth-order valence-electron chi connectivity index (χ4n) is 1.86. The highest BCUT2D eigenvalue weighted by atomic mass is 31.2. The smallest absolute Gasteiger partial charge is 0.247 e. The largest absolute Gasteiger partial charge is 0.446 e. The Balaban J connectivity index is 2.05. The second-order valence-electron chi connectivity index (χ2n) is 4.38. The van der Waals surface area contributed by atoms with Crippen LogP contribution in [0.3, 0.4) is 0 Å². The Bertz CT molecular complexity index is 479. The van der Waals surface area contributed by atoms with Gasteiger partial charge in [0.05, 0.1) is 12.3 Å². The summed E-state index contributed by atoms with van der Waals surface area (Å²) in [5.41, 5.74) is 0.972. The maximum atomic E-state index is 12.3. The third-order valence-corrected chi connectivity index (χ3v) is 5.63. The molecule has 1 aliphatic heterocycles. The molecule has 0 spiro atoms. The average molecular weight is 281 g/mol. The first-order chi connectivity index (χ1) is 9.17. The minimum Gasteiger partial charge on any atom is -0.446 e. The fraction of sp³-hybridized carbons (Fsp3) is 0.429. The number of hydrogen-bond donors (Lipinski definition) is 0. The highest BCUT2D eigenvalue weighted by molar-refractivity contribution is 7.59. The van der Waals surface area contributed by atoms with Crippen molar-refractivity contribution in [1.29, 1.82) is 0 Å². The maximum absolute atomic E-state index is 12.3. The molecule has 104 valence electrons. The predicted molar refractivity (Wildman–Crippen MR) is 77.6 cm³/mol. The molecule has 0 fully saturated rings. The van der Waals surface area contributed by atoms with E-state index in [9.17, 15) is 4.57 Å². The van der Waals surface area contributed by atoms with Crippen molar-refractivity contribution in [2.24, 2.45) is 0 Å². The standard InChI is InChI=1S/C14H20NO3P/c1-3-19(16,4-2)18-14-10-11-17-15(12-14)13-8-6-5-7-9-13/h5-10H,3-4,11-12H2,1-2H3. The molecule has 0 saturated heterocycles. The Hall–Kier alpha value is -1.25. The molecule has 1 aromatic carbocycles. The van der Waals surface area contributed by atoms with Crippen LogP contribution in [0.15, 0.2) is 42.2 Å².